The summed E-state index contributed by atoms with van der Waals surface area (Å²) < 4.78 is 1.76. The third-order valence-electron chi connectivity index (χ3n) is 3.69. The summed E-state index contributed by atoms with van der Waals surface area (Å²) in [4.78, 5) is 0. The quantitative estimate of drug-likeness (QED) is 0.783. The molecule has 1 atom stereocenters. The van der Waals surface area contributed by atoms with Crippen LogP contribution < -0.4 is 5.73 Å². The van der Waals surface area contributed by atoms with Gasteiger partial charge in [0.2, 0.25) is 0 Å². The lowest BCUT2D eigenvalue weighted by atomic mass is 9.90. The van der Waals surface area contributed by atoms with Crippen LogP contribution in [0, 0.1) is 0 Å². The van der Waals surface area contributed by atoms with E-state index >= 15 is 0 Å². The van der Waals surface area contributed by atoms with Gasteiger partial charge in [0.25, 0.3) is 0 Å². The Morgan fingerprint density at radius 1 is 1.50 bits per heavy atom. The zero-order chi connectivity index (χ0) is 12.8. The number of aryl methyl sites for hydroxylation is 2. The second kappa shape index (κ2) is 3.85. The molecule has 4 heteroatoms. The minimum Gasteiger partial charge on any atom is -0.399 e. The van der Waals surface area contributed by atoms with Crippen molar-refractivity contribution in [1.29, 1.82) is 0 Å². The maximum Gasteiger partial charge on any atom is 0.0943 e. The molecular formula is C14H17N3O. The second-order valence-electron chi connectivity index (χ2n) is 5.15. The van der Waals surface area contributed by atoms with Gasteiger partial charge in [0, 0.05) is 25.4 Å². The molecule has 0 radical (unpaired) electrons. The molecule has 0 fully saturated rings. The van der Waals surface area contributed by atoms with Crippen LogP contribution in [-0.4, -0.2) is 14.9 Å². The molecular weight excluding hydrogens is 226 g/mol. The van der Waals surface area contributed by atoms with E-state index in [0.29, 0.717) is 6.42 Å². The third-order valence-corrected chi connectivity index (χ3v) is 3.69. The van der Waals surface area contributed by atoms with Crippen LogP contribution in [0.5, 0.6) is 0 Å². The first kappa shape index (κ1) is 11.3. The fourth-order valence-corrected chi connectivity index (χ4v) is 2.84. The van der Waals surface area contributed by atoms with Gasteiger partial charge in [-0.1, -0.05) is 6.07 Å². The number of nitrogens with two attached hydrogens (primary N) is 1. The number of nitrogen functional groups attached to an aromatic ring is 1. The maximum atomic E-state index is 10.8. The largest absolute Gasteiger partial charge is 0.399 e. The molecule has 1 aromatic heterocycles. The Morgan fingerprint density at radius 3 is 3.06 bits per heavy atom. The summed E-state index contributed by atoms with van der Waals surface area (Å²) in [5.41, 5.74) is 9.01. The molecule has 0 spiro atoms. The van der Waals surface area contributed by atoms with Crippen LogP contribution in [0.1, 0.15) is 23.1 Å². The Kier molecular flexibility index (Phi) is 2.41. The summed E-state index contributed by atoms with van der Waals surface area (Å²) in [7, 11) is 1.89. The van der Waals surface area contributed by atoms with E-state index in [1.807, 2.05) is 37.6 Å². The Labute approximate surface area is 106 Å². The highest BCUT2D eigenvalue weighted by Crippen LogP contribution is 2.39. The zero-order valence-electron chi connectivity index (χ0n) is 10.4. The lowest BCUT2D eigenvalue weighted by molar-refractivity contribution is 0.0389. The molecule has 0 aliphatic heterocycles. The van der Waals surface area contributed by atoms with Crippen LogP contribution in [0.2, 0.25) is 0 Å². The highest BCUT2D eigenvalue weighted by atomic mass is 16.3. The monoisotopic (exact) mass is 243 g/mol. The normalized spacial score (nSPS) is 22.1. The van der Waals surface area contributed by atoms with E-state index in [4.69, 9.17) is 5.73 Å². The topological polar surface area (TPSA) is 64.1 Å². The lowest BCUT2D eigenvalue weighted by Gasteiger charge is -2.23. The van der Waals surface area contributed by atoms with Crippen LogP contribution in [0.15, 0.2) is 30.6 Å². The number of benzene rings is 1. The van der Waals surface area contributed by atoms with Crippen molar-refractivity contribution in [2.75, 3.05) is 5.73 Å². The van der Waals surface area contributed by atoms with Gasteiger partial charge < -0.3 is 10.8 Å². The number of hydrogen-bond donors (Lipinski definition) is 2. The average molecular weight is 243 g/mol. The van der Waals surface area contributed by atoms with E-state index in [1.165, 1.54) is 5.56 Å². The molecule has 1 aromatic carbocycles. The molecule has 94 valence electrons. The summed E-state index contributed by atoms with van der Waals surface area (Å²) >= 11 is 0. The fourth-order valence-electron chi connectivity index (χ4n) is 2.84. The molecule has 3 rings (SSSR count). The maximum absolute atomic E-state index is 10.8. The molecule has 4 nitrogen and oxygen atoms in total. The van der Waals surface area contributed by atoms with E-state index in [-0.39, 0.29) is 0 Å². The Hall–Kier alpha value is -1.81. The van der Waals surface area contributed by atoms with Gasteiger partial charge in [-0.2, -0.15) is 5.10 Å². The number of fused-ring (bicyclic) bond motifs is 1. The van der Waals surface area contributed by atoms with Crippen molar-refractivity contribution >= 4 is 5.69 Å². The van der Waals surface area contributed by atoms with Gasteiger partial charge >= 0.3 is 0 Å². The van der Waals surface area contributed by atoms with Gasteiger partial charge in [0.1, 0.15) is 0 Å². The van der Waals surface area contributed by atoms with Gasteiger partial charge in [0.15, 0.2) is 0 Å². The summed E-state index contributed by atoms with van der Waals surface area (Å²) in [6.07, 6.45) is 6.01. The molecule has 0 bridgehead atoms. The second-order valence-corrected chi connectivity index (χ2v) is 5.15. The molecule has 1 unspecified atom stereocenters. The van der Waals surface area contributed by atoms with Crippen molar-refractivity contribution in [3.63, 3.8) is 0 Å². The first-order chi connectivity index (χ1) is 8.57. The third kappa shape index (κ3) is 1.78. The molecule has 3 N–H and O–H groups in total. The molecule has 1 aliphatic carbocycles. The Bertz CT molecular complexity index is 590. The van der Waals surface area contributed by atoms with E-state index in [1.54, 1.807) is 4.68 Å². The Morgan fingerprint density at radius 2 is 2.33 bits per heavy atom. The Balaban J connectivity index is 1.94. The summed E-state index contributed by atoms with van der Waals surface area (Å²) in [5, 5.41) is 15.0. The van der Waals surface area contributed by atoms with Crippen LogP contribution in [-0.2, 0) is 25.5 Å². The van der Waals surface area contributed by atoms with Gasteiger partial charge in [-0.3, -0.25) is 4.68 Å². The van der Waals surface area contributed by atoms with E-state index in [0.717, 1.165) is 29.7 Å². The predicted octanol–water partition coefficient (Wildman–Crippen LogP) is 1.38. The van der Waals surface area contributed by atoms with Crippen LogP contribution in [0.4, 0.5) is 5.69 Å². The highest BCUT2D eigenvalue weighted by molar-refractivity contribution is 5.49. The minimum absolute atomic E-state index is 0.609. The molecule has 0 saturated carbocycles. The average Bonchev–Trinajstić information content (AvgIpc) is 2.84. The smallest absolute Gasteiger partial charge is 0.0943 e. The van der Waals surface area contributed by atoms with E-state index in [2.05, 4.69) is 5.10 Å². The van der Waals surface area contributed by atoms with Crippen molar-refractivity contribution in [3.8, 4) is 0 Å². The summed E-state index contributed by atoms with van der Waals surface area (Å²) in [5.74, 6) is 0. The van der Waals surface area contributed by atoms with Gasteiger partial charge in [-0.25, -0.2) is 0 Å². The molecule has 2 aromatic rings. The SMILES string of the molecule is Cn1cc(CC2(O)CCc3cc(N)ccc32)cn1. The zero-order valence-corrected chi connectivity index (χ0v) is 10.4. The highest BCUT2D eigenvalue weighted by Gasteiger charge is 2.36. The van der Waals surface area contributed by atoms with Crippen molar-refractivity contribution in [2.45, 2.75) is 24.9 Å². The first-order valence-corrected chi connectivity index (χ1v) is 6.16. The summed E-state index contributed by atoms with van der Waals surface area (Å²) in [6.45, 7) is 0. The molecule has 0 amide bonds. The van der Waals surface area contributed by atoms with Crippen molar-refractivity contribution in [2.24, 2.45) is 7.05 Å². The number of anilines is 1. The van der Waals surface area contributed by atoms with E-state index < -0.39 is 5.60 Å². The number of aromatic nitrogens is 2. The minimum atomic E-state index is -0.772. The standard InChI is InChI=1S/C14H17N3O/c1-17-9-10(8-16-17)7-14(18)5-4-11-6-12(15)2-3-13(11)14/h2-3,6,8-9,18H,4-5,7,15H2,1H3. The number of rotatable bonds is 2. The first-order valence-electron chi connectivity index (χ1n) is 6.16. The molecule has 1 heterocycles. The van der Waals surface area contributed by atoms with Gasteiger partial charge in [-0.05, 0) is 41.7 Å². The molecule has 18 heavy (non-hydrogen) atoms. The number of nitrogens with zero attached hydrogens (tertiary/aromatic N) is 2. The lowest BCUT2D eigenvalue weighted by Crippen LogP contribution is -2.25. The predicted molar refractivity (Wildman–Crippen MR) is 70.0 cm³/mol. The van der Waals surface area contributed by atoms with Gasteiger partial charge in [-0.15, -0.1) is 0 Å². The summed E-state index contributed by atoms with van der Waals surface area (Å²) in [6, 6.07) is 5.78. The van der Waals surface area contributed by atoms with Crippen LogP contribution in [0.25, 0.3) is 0 Å². The van der Waals surface area contributed by atoms with Crippen molar-refractivity contribution in [1.82, 2.24) is 9.78 Å². The van der Waals surface area contributed by atoms with Gasteiger partial charge in [0.05, 0.1) is 11.8 Å². The molecule has 1 aliphatic rings. The fraction of sp³-hybridized carbons (Fsp3) is 0.357. The van der Waals surface area contributed by atoms with Crippen molar-refractivity contribution in [3.05, 3.63) is 47.3 Å². The van der Waals surface area contributed by atoms with Crippen molar-refractivity contribution < 1.29 is 5.11 Å². The van der Waals surface area contributed by atoms with E-state index in [9.17, 15) is 5.11 Å². The van der Waals surface area contributed by atoms with Crippen LogP contribution >= 0.6 is 0 Å². The molecule has 0 saturated heterocycles. The number of hydrogen-bond acceptors (Lipinski definition) is 3. The van der Waals surface area contributed by atoms with Crippen LogP contribution in [0.3, 0.4) is 0 Å². The number of aliphatic hydroxyl groups is 1.